The molecule has 2 heteroatoms. The molecule has 0 bridgehead atoms. The van der Waals surface area contributed by atoms with Gasteiger partial charge in [0.15, 0.2) is 0 Å². The van der Waals surface area contributed by atoms with Gasteiger partial charge >= 0.3 is 0 Å². The van der Waals surface area contributed by atoms with Crippen molar-refractivity contribution in [2.24, 2.45) is 5.92 Å². The van der Waals surface area contributed by atoms with E-state index in [9.17, 15) is 0 Å². The van der Waals surface area contributed by atoms with Gasteiger partial charge < -0.3 is 10.1 Å². The summed E-state index contributed by atoms with van der Waals surface area (Å²) in [5.41, 5.74) is 1.44. The first-order valence-electron chi connectivity index (χ1n) is 8.48. The topological polar surface area (TPSA) is 21.3 Å². The number of hydrogen-bond acceptors (Lipinski definition) is 2. The van der Waals surface area contributed by atoms with Crippen LogP contribution in [0.15, 0.2) is 24.3 Å². The van der Waals surface area contributed by atoms with E-state index in [1.807, 2.05) is 0 Å². The van der Waals surface area contributed by atoms with E-state index in [2.05, 4.69) is 57.3 Å². The van der Waals surface area contributed by atoms with E-state index in [0.717, 1.165) is 18.2 Å². The highest BCUT2D eigenvalue weighted by Gasteiger charge is 2.25. The van der Waals surface area contributed by atoms with Crippen molar-refractivity contribution in [1.29, 1.82) is 0 Å². The van der Waals surface area contributed by atoms with Gasteiger partial charge in [0.25, 0.3) is 0 Å². The summed E-state index contributed by atoms with van der Waals surface area (Å²) in [6.07, 6.45) is 6.86. The maximum absolute atomic E-state index is 6.30. The quantitative estimate of drug-likeness (QED) is 0.830. The lowest BCUT2D eigenvalue weighted by Gasteiger charge is -2.31. The zero-order valence-electron chi connectivity index (χ0n) is 14.1. The Hall–Kier alpha value is -1.02. The molecule has 0 saturated heterocycles. The van der Waals surface area contributed by atoms with Crippen molar-refractivity contribution in [2.45, 2.75) is 78.0 Å². The molecular formula is C19H31NO. The van der Waals surface area contributed by atoms with Crippen LogP contribution < -0.4 is 10.1 Å². The third kappa shape index (κ3) is 5.35. The molecule has 0 aromatic heterocycles. The normalized spacial score (nSPS) is 23.0. The fraction of sp³-hybridized carbons (Fsp3) is 0.684. The van der Waals surface area contributed by atoms with Crippen molar-refractivity contribution < 1.29 is 4.74 Å². The summed E-state index contributed by atoms with van der Waals surface area (Å²) in [4.78, 5) is 0. The summed E-state index contributed by atoms with van der Waals surface area (Å²) in [5.74, 6) is 1.77. The minimum atomic E-state index is 0.146. The van der Waals surface area contributed by atoms with Crippen LogP contribution in [-0.4, -0.2) is 11.6 Å². The number of hydrogen-bond donors (Lipinski definition) is 1. The Morgan fingerprint density at radius 2 is 1.95 bits per heavy atom. The van der Waals surface area contributed by atoms with Gasteiger partial charge in [-0.1, -0.05) is 25.5 Å². The van der Waals surface area contributed by atoms with E-state index >= 15 is 0 Å². The first kappa shape index (κ1) is 16.4. The lowest BCUT2D eigenvalue weighted by molar-refractivity contribution is 0.0903. The van der Waals surface area contributed by atoms with Gasteiger partial charge in [0.05, 0.1) is 0 Å². The first-order chi connectivity index (χ1) is 9.98. The zero-order valence-corrected chi connectivity index (χ0v) is 14.1. The van der Waals surface area contributed by atoms with Crippen LogP contribution in [0.5, 0.6) is 5.75 Å². The number of benzene rings is 1. The van der Waals surface area contributed by atoms with E-state index in [1.54, 1.807) is 0 Å². The summed E-state index contributed by atoms with van der Waals surface area (Å²) >= 11 is 0. The average Bonchev–Trinajstić information content (AvgIpc) is 2.45. The molecule has 1 aliphatic rings. The van der Waals surface area contributed by atoms with Gasteiger partial charge in [-0.25, -0.2) is 0 Å². The molecule has 1 aromatic carbocycles. The second-order valence-corrected chi connectivity index (χ2v) is 7.36. The minimum absolute atomic E-state index is 0.146. The van der Waals surface area contributed by atoms with Gasteiger partial charge in [-0.3, -0.25) is 0 Å². The lowest BCUT2D eigenvalue weighted by atomic mass is 9.85. The standard InChI is InChI=1S/C19H31NO/c1-5-16-10-6-7-12-18(16)21-17-11-8-9-15(13-17)14-20-19(2,3)4/h8-9,11,13,16,18,20H,5-7,10,12,14H2,1-4H3. The Bertz CT molecular complexity index is 435. The average molecular weight is 289 g/mol. The summed E-state index contributed by atoms with van der Waals surface area (Å²) in [7, 11) is 0. The smallest absolute Gasteiger partial charge is 0.120 e. The molecule has 0 amide bonds. The molecule has 118 valence electrons. The fourth-order valence-electron chi connectivity index (χ4n) is 3.07. The van der Waals surface area contributed by atoms with Gasteiger partial charge in [-0.15, -0.1) is 0 Å². The first-order valence-corrected chi connectivity index (χ1v) is 8.48. The Kier molecular flexibility index (Phi) is 5.69. The maximum atomic E-state index is 6.30. The second-order valence-electron chi connectivity index (χ2n) is 7.36. The molecule has 0 aliphatic heterocycles. The molecule has 1 N–H and O–H groups in total. The molecular weight excluding hydrogens is 258 g/mol. The van der Waals surface area contributed by atoms with Crippen LogP contribution in [0, 0.1) is 5.92 Å². The highest BCUT2D eigenvalue weighted by Crippen LogP contribution is 2.30. The summed E-state index contributed by atoms with van der Waals surface area (Å²) in [6, 6.07) is 8.57. The summed E-state index contributed by atoms with van der Waals surface area (Å²) < 4.78 is 6.30. The van der Waals surface area contributed by atoms with Crippen LogP contribution in [-0.2, 0) is 6.54 Å². The van der Waals surface area contributed by atoms with Crippen molar-refractivity contribution in [1.82, 2.24) is 5.32 Å². The number of ether oxygens (including phenoxy) is 1. The third-order valence-electron chi connectivity index (χ3n) is 4.37. The molecule has 2 rings (SSSR count). The maximum Gasteiger partial charge on any atom is 0.120 e. The number of nitrogens with one attached hydrogen (secondary N) is 1. The van der Waals surface area contributed by atoms with Gasteiger partial charge in [0.1, 0.15) is 11.9 Å². The molecule has 0 spiro atoms. The van der Waals surface area contributed by atoms with Gasteiger partial charge in [0, 0.05) is 12.1 Å². The molecule has 1 fully saturated rings. The van der Waals surface area contributed by atoms with Crippen LogP contribution in [0.25, 0.3) is 0 Å². The molecule has 0 radical (unpaired) electrons. The predicted molar refractivity (Wildman–Crippen MR) is 89.7 cm³/mol. The van der Waals surface area contributed by atoms with Crippen LogP contribution in [0.3, 0.4) is 0 Å². The molecule has 0 heterocycles. The summed E-state index contributed by atoms with van der Waals surface area (Å²) in [6.45, 7) is 9.77. The van der Waals surface area contributed by atoms with Gasteiger partial charge in [-0.2, -0.15) is 0 Å². The Morgan fingerprint density at radius 1 is 1.19 bits per heavy atom. The molecule has 2 atom stereocenters. The monoisotopic (exact) mass is 289 g/mol. The van der Waals surface area contributed by atoms with Crippen LogP contribution in [0.1, 0.15) is 65.4 Å². The second kappa shape index (κ2) is 7.31. The van der Waals surface area contributed by atoms with Gasteiger partial charge in [0.2, 0.25) is 0 Å². The predicted octanol–water partition coefficient (Wildman–Crippen LogP) is 4.92. The fourth-order valence-corrected chi connectivity index (χ4v) is 3.07. The largest absolute Gasteiger partial charge is 0.490 e. The highest BCUT2D eigenvalue weighted by molar-refractivity contribution is 5.28. The summed E-state index contributed by atoms with van der Waals surface area (Å²) in [5, 5.41) is 3.53. The van der Waals surface area contributed by atoms with Crippen LogP contribution >= 0.6 is 0 Å². The van der Waals surface area contributed by atoms with Crippen molar-refractivity contribution >= 4 is 0 Å². The molecule has 21 heavy (non-hydrogen) atoms. The van der Waals surface area contributed by atoms with E-state index in [4.69, 9.17) is 4.74 Å². The van der Waals surface area contributed by atoms with Gasteiger partial charge in [-0.05, 0) is 70.1 Å². The minimum Gasteiger partial charge on any atom is -0.490 e. The molecule has 1 aliphatic carbocycles. The molecule has 2 nitrogen and oxygen atoms in total. The van der Waals surface area contributed by atoms with Crippen molar-refractivity contribution in [3.8, 4) is 5.75 Å². The van der Waals surface area contributed by atoms with Crippen LogP contribution in [0.2, 0.25) is 0 Å². The lowest BCUT2D eigenvalue weighted by Crippen LogP contribution is -2.35. The molecule has 2 unspecified atom stereocenters. The third-order valence-corrected chi connectivity index (χ3v) is 4.37. The van der Waals surface area contributed by atoms with E-state index in [1.165, 1.54) is 37.7 Å². The van der Waals surface area contributed by atoms with E-state index < -0.39 is 0 Å². The van der Waals surface area contributed by atoms with Crippen molar-refractivity contribution in [3.63, 3.8) is 0 Å². The highest BCUT2D eigenvalue weighted by atomic mass is 16.5. The van der Waals surface area contributed by atoms with E-state index in [0.29, 0.717) is 6.10 Å². The Labute approximate surface area is 130 Å². The SMILES string of the molecule is CCC1CCCCC1Oc1cccc(CNC(C)(C)C)c1. The Balaban J connectivity index is 1.97. The molecule has 1 aromatic rings. The molecule has 1 saturated carbocycles. The zero-order chi connectivity index (χ0) is 15.3. The van der Waals surface area contributed by atoms with Crippen molar-refractivity contribution in [3.05, 3.63) is 29.8 Å². The Morgan fingerprint density at radius 3 is 2.67 bits per heavy atom. The van der Waals surface area contributed by atoms with E-state index in [-0.39, 0.29) is 5.54 Å². The number of rotatable bonds is 5. The van der Waals surface area contributed by atoms with Crippen molar-refractivity contribution in [2.75, 3.05) is 0 Å². The van der Waals surface area contributed by atoms with Crippen LogP contribution in [0.4, 0.5) is 0 Å².